The zero-order valence-corrected chi connectivity index (χ0v) is 15.6. The average Bonchev–Trinajstić information content (AvgIpc) is 3.52. The van der Waals surface area contributed by atoms with E-state index in [1.807, 2.05) is 17.0 Å². The molecule has 0 atom stereocenters. The van der Waals surface area contributed by atoms with Gasteiger partial charge in [0.1, 0.15) is 0 Å². The van der Waals surface area contributed by atoms with Crippen molar-refractivity contribution in [1.29, 1.82) is 0 Å². The molecule has 28 heavy (non-hydrogen) atoms. The summed E-state index contributed by atoms with van der Waals surface area (Å²) >= 11 is 0. The van der Waals surface area contributed by atoms with Crippen LogP contribution in [0.25, 0.3) is 0 Å². The second kappa shape index (κ2) is 7.07. The van der Waals surface area contributed by atoms with Crippen LogP contribution in [-0.4, -0.2) is 23.3 Å². The Morgan fingerprint density at radius 2 is 1.96 bits per heavy atom. The maximum Gasteiger partial charge on any atom is 0.273 e. The molecular weight excluding hydrogens is 358 g/mol. The van der Waals surface area contributed by atoms with Crippen LogP contribution in [0.2, 0.25) is 0 Å². The van der Waals surface area contributed by atoms with E-state index in [4.69, 9.17) is 0 Å². The number of benzene rings is 2. The molecule has 2 aromatic rings. The number of amides is 2. The zero-order chi connectivity index (χ0) is 19.8. The number of hydrogen-bond acceptors (Lipinski definition) is 4. The van der Waals surface area contributed by atoms with Gasteiger partial charge in [0.05, 0.1) is 4.92 Å². The maximum atomic E-state index is 12.5. The first kappa shape index (κ1) is 18.2. The molecule has 0 unspecified atom stereocenters. The number of fused-ring (bicyclic) bond motifs is 1. The fourth-order valence-corrected chi connectivity index (χ4v) is 3.61. The highest BCUT2D eigenvalue weighted by atomic mass is 16.6. The standard InChI is InChI=1S/C21H21N3O4/c1-13-4-5-16(12-19(13)24(27)28)20(25)22-17-8-9-18-15(11-17)3-2-10-23(18)21(26)14-6-7-14/h4-5,8-9,11-12,14H,2-3,6-7,10H2,1H3,(H,22,25). The molecule has 0 saturated heterocycles. The predicted molar refractivity (Wildman–Crippen MR) is 106 cm³/mol. The normalized spacial score (nSPS) is 15.7. The summed E-state index contributed by atoms with van der Waals surface area (Å²) in [7, 11) is 0. The van der Waals surface area contributed by atoms with Crippen LogP contribution in [-0.2, 0) is 11.2 Å². The van der Waals surface area contributed by atoms with Crippen molar-refractivity contribution in [1.82, 2.24) is 0 Å². The first-order chi connectivity index (χ1) is 13.4. The van der Waals surface area contributed by atoms with Gasteiger partial charge in [0.2, 0.25) is 5.91 Å². The van der Waals surface area contributed by atoms with Crippen molar-refractivity contribution in [2.45, 2.75) is 32.6 Å². The van der Waals surface area contributed by atoms with Crippen molar-refractivity contribution < 1.29 is 14.5 Å². The second-order valence-electron chi connectivity index (χ2n) is 7.42. The molecule has 7 nitrogen and oxygen atoms in total. The summed E-state index contributed by atoms with van der Waals surface area (Å²) in [5.41, 5.74) is 3.25. The van der Waals surface area contributed by atoms with Crippen LogP contribution in [0.5, 0.6) is 0 Å². The molecule has 1 aliphatic carbocycles. The molecule has 4 rings (SSSR count). The van der Waals surface area contributed by atoms with E-state index >= 15 is 0 Å². The van der Waals surface area contributed by atoms with Crippen molar-refractivity contribution in [3.63, 3.8) is 0 Å². The lowest BCUT2D eigenvalue weighted by atomic mass is 10.00. The SMILES string of the molecule is Cc1ccc(C(=O)Nc2ccc3c(c2)CCCN3C(=O)C2CC2)cc1[N+](=O)[O-]. The lowest BCUT2D eigenvalue weighted by molar-refractivity contribution is -0.385. The minimum atomic E-state index is -0.490. The van der Waals surface area contributed by atoms with E-state index in [2.05, 4.69) is 5.32 Å². The molecule has 0 radical (unpaired) electrons. The summed E-state index contributed by atoms with van der Waals surface area (Å²) < 4.78 is 0. The van der Waals surface area contributed by atoms with Crippen LogP contribution in [0, 0.1) is 23.0 Å². The minimum Gasteiger partial charge on any atom is -0.322 e. The fraction of sp³-hybridized carbons (Fsp3) is 0.333. The molecule has 1 saturated carbocycles. The van der Waals surface area contributed by atoms with E-state index in [1.165, 1.54) is 6.07 Å². The Morgan fingerprint density at radius 3 is 2.68 bits per heavy atom. The predicted octanol–water partition coefficient (Wildman–Crippen LogP) is 3.84. The molecule has 1 N–H and O–H groups in total. The Bertz CT molecular complexity index is 982. The number of nitrogens with one attached hydrogen (secondary N) is 1. The molecule has 1 heterocycles. The third-order valence-corrected chi connectivity index (χ3v) is 5.32. The van der Waals surface area contributed by atoms with Gasteiger partial charge in [0.25, 0.3) is 11.6 Å². The number of hydrogen-bond donors (Lipinski definition) is 1. The number of nitro benzene ring substituents is 1. The molecule has 2 aromatic carbocycles. The molecule has 0 aromatic heterocycles. The van der Waals surface area contributed by atoms with Crippen molar-refractivity contribution in [3.05, 3.63) is 63.2 Å². The Hall–Kier alpha value is -3.22. The van der Waals surface area contributed by atoms with Crippen LogP contribution < -0.4 is 10.2 Å². The van der Waals surface area contributed by atoms with E-state index in [-0.39, 0.29) is 23.1 Å². The highest BCUT2D eigenvalue weighted by Gasteiger charge is 2.35. The monoisotopic (exact) mass is 379 g/mol. The fourth-order valence-electron chi connectivity index (χ4n) is 3.61. The maximum absolute atomic E-state index is 12.5. The molecule has 1 fully saturated rings. The van der Waals surface area contributed by atoms with Crippen LogP contribution in [0.4, 0.5) is 17.1 Å². The Kier molecular flexibility index (Phi) is 4.58. The van der Waals surface area contributed by atoms with Crippen molar-refractivity contribution in [3.8, 4) is 0 Å². The van der Waals surface area contributed by atoms with Crippen LogP contribution in [0.15, 0.2) is 36.4 Å². The summed E-state index contributed by atoms with van der Waals surface area (Å²) in [4.78, 5) is 37.5. The Labute approximate surface area is 162 Å². The quantitative estimate of drug-likeness (QED) is 0.645. The average molecular weight is 379 g/mol. The van der Waals surface area contributed by atoms with Crippen LogP contribution in [0.3, 0.4) is 0 Å². The van der Waals surface area contributed by atoms with Crippen LogP contribution >= 0.6 is 0 Å². The number of carbonyl (C=O) groups is 2. The van der Waals surface area contributed by atoms with Gasteiger partial charge in [0, 0.05) is 41.0 Å². The lowest BCUT2D eigenvalue weighted by Gasteiger charge is -2.30. The van der Waals surface area contributed by atoms with Gasteiger partial charge < -0.3 is 10.2 Å². The third-order valence-electron chi connectivity index (χ3n) is 5.32. The highest BCUT2D eigenvalue weighted by molar-refractivity contribution is 6.05. The number of anilines is 2. The number of nitrogens with zero attached hydrogens (tertiary/aromatic N) is 2. The molecular formula is C21H21N3O4. The van der Waals surface area contributed by atoms with Gasteiger partial charge in [-0.3, -0.25) is 19.7 Å². The summed E-state index contributed by atoms with van der Waals surface area (Å²) in [5.74, 6) is -0.0304. The molecule has 1 aliphatic heterocycles. The lowest BCUT2D eigenvalue weighted by Crippen LogP contribution is -2.36. The zero-order valence-electron chi connectivity index (χ0n) is 15.6. The Balaban J connectivity index is 1.54. The number of rotatable bonds is 4. The van der Waals surface area contributed by atoms with E-state index in [1.54, 1.807) is 25.1 Å². The van der Waals surface area contributed by atoms with Gasteiger partial charge in [-0.1, -0.05) is 6.07 Å². The van der Waals surface area contributed by atoms with E-state index < -0.39 is 10.8 Å². The summed E-state index contributed by atoms with van der Waals surface area (Å²) in [5, 5.41) is 13.9. The second-order valence-corrected chi connectivity index (χ2v) is 7.42. The summed E-state index contributed by atoms with van der Waals surface area (Å²) in [6.45, 7) is 2.37. The highest BCUT2D eigenvalue weighted by Crippen LogP contribution is 2.36. The molecule has 0 bridgehead atoms. The number of nitro groups is 1. The molecule has 144 valence electrons. The smallest absolute Gasteiger partial charge is 0.273 e. The van der Waals surface area contributed by atoms with Gasteiger partial charge >= 0.3 is 0 Å². The van der Waals surface area contributed by atoms with Crippen molar-refractivity contribution in [2.24, 2.45) is 5.92 Å². The van der Waals surface area contributed by atoms with Gasteiger partial charge in [-0.2, -0.15) is 0 Å². The van der Waals surface area contributed by atoms with Gasteiger partial charge in [-0.25, -0.2) is 0 Å². The topological polar surface area (TPSA) is 92.6 Å². The van der Waals surface area contributed by atoms with E-state index in [0.29, 0.717) is 11.3 Å². The Morgan fingerprint density at radius 1 is 1.18 bits per heavy atom. The molecule has 7 heteroatoms. The first-order valence-corrected chi connectivity index (χ1v) is 9.45. The van der Waals surface area contributed by atoms with E-state index in [0.717, 1.165) is 43.5 Å². The summed E-state index contributed by atoms with van der Waals surface area (Å²) in [6, 6.07) is 9.98. The van der Waals surface area contributed by atoms with Gasteiger partial charge in [-0.15, -0.1) is 0 Å². The first-order valence-electron chi connectivity index (χ1n) is 9.45. The largest absolute Gasteiger partial charge is 0.322 e. The van der Waals surface area contributed by atoms with Crippen LogP contribution in [0.1, 0.15) is 40.7 Å². The molecule has 0 spiro atoms. The van der Waals surface area contributed by atoms with Gasteiger partial charge in [-0.05, 0) is 62.4 Å². The van der Waals surface area contributed by atoms with E-state index in [9.17, 15) is 19.7 Å². The van der Waals surface area contributed by atoms with Gasteiger partial charge in [0.15, 0.2) is 0 Å². The van der Waals surface area contributed by atoms with Crippen molar-refractivity contribution >= 4 is 28.9 Å². The molecule has 2 amide bonds. The molecule has 2 aliphatic rings. The number of carbonyl (C=O) groups excluding carboxylic acids is 2. The third kappa shape index (κ3) is 3.47. The minimum absolute atomic E-state index is 0.0766. The van der Waals surface area contributed by atoms with Crippen molar-refractivity contribution in [2.75, 3.05) is 16.8 Å². The summed E-state index contributed by atoms with van der Waals surface area (Å²) in [6.07, 6.45) is 3.69. The number of aryl methyl sites for hydroxylation is 2.